The second-order valence-corrected chi connectivity index (χ2v) is 6.87. The fourth-order valence-corrected chi connectivity index (χ4v) is 3.30. The number of benzene rings is 1. The average Bonchev–Trinajstić information content (AvgIpc) is 3.17. The molecule has 1 aromatic carbocycles. The number of nitrogens with one attached hydrogen (secondary N) is 1. The summed E-state index contributed by atoms with van der Waals surface area (Å²) in [5.41, 5.74) is 6.32. The van der Waals surface area contributed by atoms with E-state index in [4.69, 9.17) is 10.5 Å². The number of carbonyl (C=O) groups is 3. The van der Waals surface area contributed by atoms with E-state index in [9.17, 15) is 14.4 Å². The molecule has 7 nitrogen and oxygen atoms in total. The monoisotopic (exact) mass is 375 g/mol. The topological polar surface area (TPSA) is 102 Å². The molecule has 27 heavy (non-hydrogen) atoms. The van der Waals surface area contributed by atoms with Crippen molar-refractivity contribution < 1.29 is 19.1 Å². The molecule has 3 amide bonds. The van der Waals surface area contributed by atoms with Crippen LogP contribution in [0, 0.1) is 5.92 Å². The Hall–Kier alpha value is -2.57. The highest BCUT2D eigenvalue weighted by molar-refractivity contribution is 5.88. The Morgan fingerprint density at radius 2 is 2.04 bits per heavy atom. The van der Waals surface area contributed by atoms with Gasteiger partial charge in [0.15, 0.2) is 0 Å². The minimum atomic E-state index is -0.555. The van der Waals surface area contributed by atoms with Crippen LogP contribution in [0.4, 0.5) is 4.79 Å². The van der Waals surface area contributed by atoms with Gasteiger partial charge in [-0.05, 0) is 24.8 Å². The molecule has 7 heteroatoms. The number of likely N-dealkylation sites (tertiary alicyclic amines) is 1. The summed E-state index contributed by atoms with van der Waals surface area (Å²) in [6.45, 7) is 2.95. The molecule has 3 N–H and O–H groups in total. The van der Waals surface area contributed by atoms with Crippen molar-refractivity contribution in [2.75, 3.05) is 13.1 Å². The van der Waals surface area contributed by atoms with Crippen molar-refractivity contribution in [1.82, 2.24) is 10.2 Å². The lowest BCUT2D eigenvalue weighted by Gasteiger charge is -2.27. The predicted octanol–water partition coefficient (Wildman–Crippen LogP) is 2.20. The Labute approximate surface area is 160 Å². The normalized spacial score (nSPS) is 17.4. The van der Waals surface area contributed by atoms with Crippen LogP contribution < -0.4 is 11.1 Å². The van der Waals surface area contributed by atoms with Gasteiger partial charge in [0.1, 0.15) is 12.6 Å². The summed E-state index contributed by atoms with van der Waals surface area (Å²) < 4.78 is 5.20. The number of unbranched alkanes of at least 4 members (excludes halogenated alkanes) is 1. The molecule has 1 heterocycles. The highest BCUT2D eigenvalue weighted by Gasteiger charge is 2.35. The van der Waals surface area contributed by atoms with Crippen LogP contribution in [-0.4, -0.2) is 41.9 Å². The molecule has 1 aromatic rings. The van der Waals surface area contributed by atoms with E-state index >= 15 is 0 Å². The van der Waals surface area contributed by atoms with Gasteiger partial charge in [0.2, 0.25) is 11.8 Å². The minimum Gasteiger partial charge on any atom is -0.445 e. The average molecular weight is 375 g/mol. The van der Waals surface area contributed by atoms with Gasteiger partial charge in [0, 0.05) is 13.1 Å². The number of amides is 3. The zero-order valence-corrected chi connectivity index (χ0v) is 15.9. The lowest BCUT2D eigenvalue weighted by molar-refractivity contribution is -0.140. The van der Waals surface area contributed by atoms with Gasteiger partial charge in [-0.25, -0.2) is 4.79 Å². The maximum absolute atomic E-state index is 12.9. The van der Waals surface area contributed by atoms with Gasteiger partial charge in [-0.15, -0.1) is 0 Å². The van der Waals surface area contributed by atoms with Crippen LogP contribution in [0.5, 0.6) is 0 Å². The van der Waals surface area contributed by atoms with Crippen LogP contribution in [0.25, 0.3) is 0 Å². The number of rotatable bonds is 9. The molecule has 0 saturated carbocycles. The summed E-state index contributed by atoms with van der Waals surface area (Å²) in [4.78, 5) is 38.0. The van der Waals surface area contributed by atoms with Crippen molar-refractivity contribution in [2.24, 2.45) is 11.7 Å². The van der Waals surface area contributed by atoms with Gasteiger partial charge in [0.25, 0.3) is 0 Å². The molecule has 0 aliphatic carbocycles. The number of hydrogen-bond acceptors (Lipinski definition) is 4. The first-order valence-corrected chi connectivity index (χ1v) is 9.57. The van der Waals surface area contributed by atoms with Crippen LogP contribution >= 0.6 is 0 Å². The van der Waals surface area contributed by atoms with Crippen LogP contribution in [0.15, 0.2) is 30.3 Å². The third-order valence-electron chi connectivity index (χ3n) is 4.83. The maximum Gasteiger partial charge on any atom is 0.407 e. The number of ether oxygens (including phenoxy) is 1. The Morgan fingerprint density at radius 3 is 2.70 bits per heavy atom. The van der Waals surface area contributed by atoms with Gasteiger partial charge < -0.3 is 20.7 Å². The number of nitrogens with two attached hydrogens (primary N) is 1. The lowest BCUT2D eigenvalue weighted by atomic mass is 10.00. The van der Waals surface area contributed by atoms with Crippen molar-refractivity contribution in [2.45, 2.75) is 51.7 Å². The Balaban J connectivity index is 1.88. The summed E-state index contributed by atoms with van der Waals surface area (Å²) in [5.74, 6) is -0.965. The molecule has 2 rings (SSSR count). The molecule has 0 radical (unpaired) electrons. The number of alkyl carbamates (subject to hydrolysis) is 1. The highest BCUT2D eigenvalue weighted by atomic mass is 16.5. The Bertz CT molecular complexity index is 635. The summed E-state index contributed by atoms with van der Waals surface area (Å²) in [7, 11) is 0. The predicted molar refractivity (Wildman–Crippen MR) is 102 cm³/mol. The van der Waals surface area contributed by atoms with Crippen molar-refractivity contribution in [3.05, 3.63) is 35.9 Å². The van der Waals surface area contributed by atoms with Crippen LogP contribution in [0.1, 0.15) is 44.6 Å². The highest BCUT2D eigenvalue weighted by Crippen LogP contribution is 2.21. The molecule has 2 unspecified atom stereocenters. The zero-order valence-electron chi connectivity index (χ0n) is 15.9. The SMILES string of the molecule is CCCCC(CNC(=O)OCc1ccccc1)C(=O)N1CCCC1C(N)=O. The van der Waals surface area contributed by atoms with Crippen molar-refractivity contribution >= 4 is 17.9 Å². The van der Waals surface area contributed by atoms with Crippen molar-refractivity contribution in [3.8, 4) is 0 Å². The number of carbonyl (C=O) groups excluding carboxylic acids is 3. The zero-order chi connectivity index (χ0) is 19.6. The van der Waals surface area contributed by atoms with Crippen LogP contribution in [-0.2, 0) is 20.9 Å². The van der Waals surface area contributed by atoms with Crippen LogP contribution in [0.2, 0.25) is 0 Å². The van der Waals surface area contributed by atoms with E-state index in [1.54, 1.807) is 4.90 Å². The molecule has 0 bridgehead atoms. The number of primary amides is 1. The van der Waals surface area contributed by atoms with E-state index < -0.39 is 18.0 Å². The van der Waals surface area contributed by atoms with E-state index in [-0.39, 0.29) is 25.0 Å². The third-order valence-corrected chi connectivity index (χ3v) is 4.83. The van der Waals surface area contributed by atoms with E-state index in [0.29, 0.717) is 19.4 Å². The molecular weight excluding hydrogens is 346 g/mol. The van der Waals surface area contributed by atoms with Gasteiger partial charge in [0.05, 0.1) is 5.92 Å². The van der Waals surface area contributed by atoms with E-state index in [1.165, 1.54) is 0 Å². The van der Waals surface area contributed by atoms with Crippen molar-refractivity contribution in [3.63, 3.8) is 0 Å². The molecule has 1 fully saturated rings. The molecule has 1 aliphatic heterocycles. The van der Waals surface area contributed by atoms with Gasteiger partial charge in [-0.2, -0.15) is 0 Å². The minimum absolute atomic E-state index is 0.117. The lowest BCUT2D eigenvalue weighted by Crippen LogP contribution is -2.48. The number of nitrogens with zero attached hydrogens (tertiary/aromatic N) is 1. The van der Waals surface area contributed by atoms with Crippen LogP contribution in [0.3, 0.4) is 0 Å². The maximum atomic E-state index is 12.9. The second-order valence-electron chi connectivity index (χ2n) is 6.87. The van der Waals surface area contributed by atoms with E-state index in [1.807, 2.05) is 37.3 Å². The third kappa shape index (κ3) is 6.27. The van der Waals surface area contributed by atoms with E-state index in [2.05, 4.69) is 5.32 Å². The Morgan fingerprint density at radius 1 is 1.30 bits per heavy atom. The molecule has 0 spiro atoms. The first kappa shape index (κ1) is 20.7. The van der Waals surface area contributed by atoms with Crippen molar-refractivity contribution in [1.29, 1.82) is 0 Å². The summed E-state index contributed by atoms with van der Waals surface area (Å²) in [6.07, 6.45) is 3.28. The Kier molecular flexibility index (Phi) is 8.10. The van der Waals surface area contributed by atoms with E-state index in [0.717, 1.165) is 24.8 Å². The van der Waals surface area contributed by atoms with Gasteiger partial charge >= 0.3 is 6.09 Å². The fourth-order valence-electron chi connectivity index (χ4n) is 3.30. The quantitative estimate of drug-likeness (QED) is 0.691. The summed E-state index contributed by atoms with van der Waals surface area (Å²) >= 11 is 0. The second kappa shape index (κ2) is 10.5. The molecule has 148 valence electrons. The largest absolute Gasteiger partial charge is 0.445 e. The number of hydrogen-bond donors (Lipinski definition) is 2. The van der Waals surface area contributed by atoms with Gasteiger partial charge in [-0.1, -0.05) is 50.1 Å². The molecule has 1 saturated heterocycles. The molecule has 2 atom stereocenters. The molecular formula is C20H29N3O4. The molecule has 0 aromatic heterocycles. The first-order chi connectivity index (χ1) is 13.0. The first-order valence-electron chi connectivity index (χ1n) is 9.57. The van der Waals surface area contributed by atoms with Gasteiger partial charge in [-0.3, -0.25) is 9.59 Å². The summed E-state index contributed by atoms with van der Waals surface area (Å²) in [5, 5.41) is 2.69. The fraction of sp³-hybridized carbons (Fsp3) is 0.550. The molecule has 1 aliphatic rings. The smallest absolute Gasteiger partial charge is 0.407 e. The summed E-state index contributed by atoms with van der Waals surface area (Å²) in [6, 6.07) is 8.86. The standard InChI is InChI=1S/C20H29N3O4/c1-2-3-10-16(19(25)23-12-7-11-17(23)18(21)24)13-22-20(26)27-14-15-8-5-4-6-9-15/h4-6,8-9,16-17H,2-3,7,10-14H2,1H3,(H2,21,24)(H,22,26).